The number of hydroxylamine groups is 2. The first-order valence-corrected chi connectivity index (χ1v) is 6.37. The first-order valence-electron chi connectivity index (χ1n) is 5.56. The first kappa shape index (κ1) is 13.3. The molecule has 0 aliphatic carbocycles. The number of nitrogens with zero attached hydrogens (tertiary/aromatic N) is 1. The van der Waals surface area contributed by atoms with Gasteiger partial charge < -0.3 is 5.73 Å². The minimum Gasteiger partial charge on any atom is -0.351 e. The van der Waals surface area contributed by atoms with Crippen LogP contribution in [0.5, 0.6) is 0 Å². The Labute approximate surface area is 113 Å². The molecule has 0 saturated carbocycles. The smallest absolute Gasteiger partial charge is 0.349 e. The third kappa shape index (κ3) is 2.83. The quantitative estimate of drug-likeness (QED) is 0.582. The number of hydrogen-bond donors (Lipinski definition) is 3. The molecule has 0 fully saturated rings. The highest BCUT2D eigenvalue weighted by molar-refractivity contribution is 7.19. The van der Waals surface area contributed by atoms with E-state index in [1.165, 1.54) is 11.3 Å². The Hall–Kier alpha value is -2.12. The Morgan fingerprint density at radius 3 is 2.74 bits per heavy atom. The van der Waals surface area contributed by atoms with Crippen molar-refractivity contribution >= 4 is 33.5 Å². The number of nitrogens with two attached hydrogens (primary N) is 1. The van der Waals surface area contributed by atoms with Crippen LogP contribution in [0.15, 0.2) is 30.3 Å². The third-order valence-electron chi connectivity index (χ3n) is 2.66. The van der Waals surface area contributed by atoms with Crippen LogP contribution in [0.1, 0.15) is 17.8 Å². The standard InChI is InChI=1S/C12H13N3O3S/c1-7(15(18)12(17)14-11(13)16)10-6-8-4-2-3-5-9(8)19-10/h2-7,18H,1H3,(H3,13,14,16,17). The van der Waals surface area contributed by atoms with Crippen LogP contribution in [0.25, 0.3) is 10.1 Å². The molecule has 100 valence electrons. The summed E-state index contributed by atoms with van der Waals surface area (Å²) in [5.41, 5.74) is 4.83. The van der Waals surface area contributed by atoms with Gasteiger partial charge in [-0.25, -0.2) is 9.59 Å². The summed E-state index contributed by atoms with van der Waals surface area (Å²) in [6, 6.07) is 7.12. The Kier molecular flexibility index (Phi) is 3.68. The highest BCUT2D eigenvalue weighted by Gasteiger charge is 2.22. The molecule has 2 rings (SSSR count). The minimum atomic E-state index is -1.01. The zero-order valence-electron chi connectivity index (χ0n) is 10.2. The number of hydrogen-bond acceptors (Lipinski definition) is 4. The summed E-state index contributed by atoms with van der Waals surface area (Å²) in [4.78, 5) is 22.8. The lowest BCUT2D eigenvalue weighted by atomic mass is 10.2. The van der Waals surface area contributed by atoms with Crippen molar-refractivity contribution in [1.29, 1.82) is 0 Å². The van der Waals surface area contributed by atoms with Crippen LogP contribution in [0.4, 0.5) is 9.59 Å². The van der Waals surface area contributed by atoms with Crippen molar-refractivity contribution in [3.63, 3.8) is 0 Å². The molecule has 0 aliphatic rings. The number of amides is 4. The average molecular weight is 279 g/mol. The van der Waals surface area contributed by atoms with Gasteiger partial charge in [0, 0.05) is 9.58 Å². The highest BCUT2D eigenvalue weighted by Crippen LogP contribution is 2.31. The maximum absolute atomic E-state index is 11.5. The largest absolute Gasteiger partial charge is 0.351 e. The number of thiophene rings is 1. The van der Waals surface area contributed by atoms with Gasteiger partial charge >= 0.3 is 12.1 Å². The van der Waals surface area contributed by atoms with Crippen molar-refractivity contribution in [2.75, 3.05) is 0 Å². The Morgan fingerprint density at radius 2 is 2.11 bits per heavy atom. The molecular weight excluding hydrogens is 266 g/mol. The van der Waals surface area contributed by atoms with Crippen LogP contribution in [0.2, 0.25) is 0 Å². The van der Waals surface area contributed by atoms with Crippen LogP contribution in [-0.4, -0.2) is 22.3 Å². The maximum atomic E-state index is 11.5. The number of urea groups is 2. The van der Waals surface area contributed by atoms with Gasteiger partial charge in [-0.1, -0.05) is 18.2 Å². The van der Waals surface area contributed by atoms with Gasteiger partial charge in [-0.15, -0.1) is 11.3 Å². The van der Waals surface area contributed by atoms with Crippen molar-refractivity contribution in [2.24, 2.45) is 5.73 Å². The zero-order valence-corrected chi connectivity index (χ0v) is 11.0. The second-order valence-corrected chi connectivity index (χ2v) is 5.12. The molecule has 0 bridgehead atoms. The monoisotopic (exact) mass is 279 g/mol. The fraction of sp³-hybridized carbons (Fsp3) is 0.167. The van der Waals surface area contributed by atoms with Crippen molar-refractivity contribution in [3.05, 3.63) is 35.2 Å². The lowest BCUT2D eigenvalue weighted by Crippen LogP contribution is -2.44. The molecule has 0 spiro atoms. The van der Waals surface area contributed by atoms with E-state index in [9.17, 15) is 14.8 Å². The molecule has 0 saturated heterocycles. The van der Waals surface area contributed by atoms with Crippen LogP contribution in [0, 0.1) is 0 Å². The van der Waals surface area contributed by atoms with Gasteiger partial charge in [0.2, 0.25) is 0 Å². The molecule has 1 aromatic carbocycles. The molecule has 1 atom stereocenters. The van der Waals surface area contributed by atoms with Crippen LogP contribution < -0.4 is 11.1 Å². The number of rotatable bonds is 2. The predicted octanol–water partition coefficient (Wildman–Crippen LogP) is 2.44. The number of nitrogens with one attached hydrogen (secondary N) is 1. The summed E-state index contributed by atoms with van der Waals surface area (Å²) < 4.78 is 1.06. The molecule has 2 aromatic rings. The Balaban J connectivity index is 2.20. The molecule has 4 N–H and O–H groups in total. The van der Waals surface area contributed by atoms with Gasteiger partial charge in [0.25, 0.3) is 0 Å². The molecule has 0 radical (unpaired) electrons. The van der Waals surface area contributed by atoms with Crippen molar-refractivity contribution in [2.45, 2.75) is 13.0 Å². The van der Waals surface area contributed by atoms with E-state index >= 15 is 0 Å². The molecule has 7 heteroatoms. The fourth-order valence-corrected chi connectivity index (χ4v) is 2.77. The molecule has 1 aromatic heterocycles. The predicted molar refractivity (Wildman–Crippen MR) is 72.0 cm³/mol. The SMILES string of the molecule is CC(c1cc2ccccc2s1)N(O)C(=O)NC(N)=O. The summed E-state index contributed by atoms with van der Waals surface area (Å²) in [7, 11) is 0. The lowest BCUT2D eigenvalue weighted by Gasteiger charge is -2.20. The second-order valence-electron chi connectivity index (χ2n) is 4.00. The molecule has 1 unspecified atom stereocenters. The molecule has 0 aliphatic heterocycles. The van der Waals surface area contributed by atoms with Crippen LogP contribution in [-0.2, 0) is 0 Å². The molecule has 6 nitrogen and oxygen atoms in total. The van der Waals surface area contributed by atoms with E-state index in [1.54, 1.807) is 6.92 Å². The number of primary amides is 1. The number of carbonyl (C=O) groups excluding carboxylic acids is 2. The fourth-order valence-electron chi connectivity index (χ4n) is 1.67. The molecule has 19 heavy (non-hydrogen) atoms. The van der Waals surface area contributed by atoms with Crippen molar-refractivity contribution < 1.29 is 14.8 Å². The van der Waals surface area contributed by atoms with E-state index in [0.717, 1.165) is 15.0 Å². The zero-order chi connectivity index (χ0) is 14.0. The van der Waals surface area contributed by atoms with E-state index in [2.05, 4.69) is 0 Å². The maximum Gasteiger partial charge on any atom is 0.349 e. The lowest BCUT2D eigenvalue weighted by molar-refractivity contribution is -0.0722. The molecule has 4 amide bonds. The van der Waals surface area contributed by atoms with Gasteiger partial charge in [-0.05, 0) is 24.4 Å². The Morgan fingerprint density at radius 1 is 1.42 bits per heavy atom. The summed E-state index contributed by atoms with van der Waals surface area (Å²) in [6.07, 6.45) is 0. The summed E-state index contributed by atoms with van der Waals surface area (Å²) in [5, 5.41) is 13.0. The van der Waals surface area contributed by atoms with Crippen LogP contribution >= 0.6 is 11.3 Å². The number of carbonyl (C=O) groups is 2. The average Bonchev–Trinajstić information content (AvgIpc) is 2.79. The highest BCUT2D eigenvalue weighted by atomic mass is 32.1. The van der Waals surface area contributed by atoms with E-state index in [4.69, 9.17) is 5.73 Å². The van der Waals surface area contributed by atoms with Gasteiger partial charge in [-0.2, -0.15) is 5.06 Å². The van der Waals surface area contributed by atoms with E-state index in [0.29, 0.717) is 5.06 Å². The summed E-state index contributed by atoms with van der Waals surface area (Å²) >= 11 is 1.47. The van der Waals surface area contributed by atoms with E-state index in [-0.39, 0.29) is 0 Å². The summed E-state index contributed by atoms with van der Waals surface area (Å²) in [6.45, 7) is 1.66. The van der Waals surface area contributed by atoms with Gasteiger partial charge in [0.15, 0.2) is 0 Å². The van der Waals surface area contributed by atoms with Gasteiger partial charge in [0.1, 0.15) is 0 Å². The van der Waals surface area contributed by atoms with Crippen LogP contribution in [0.3, 0.4) is 0 Å². The number of benzene rings is 1. The van der Waals surface area contributed by atoms with E-state index in [1.807, 2.05) is 35.6 Å². The van der Waals surface area contributed by atoms with Crippen molar-refractivity contribution in [3.8, 4) is 0 Å². The molecule has 1 heterocycles. The normalized spacial score (nSPS) is 12.1. The number of imide groups is 1. The third-order valence-corrected chi connectivity index (χ3v) is 3.95. The number of fused-ring (bicyclic) bond motifs is 1. The summed E-state index contributed by atoms with van der Waals surface area (Å²) in [5.74, 6) is 0. The van der Waals surface area contributed by atoms with Gasteiger partial charge in [0.05, 0.1) is 6.04 Å². The molecular formula is C12H13N3O3S. The minimum absolute atomic E-state index is 0.454. The van der Waals surface area contributed by atoms with Gasteiger partial charge in [-0.3, -0.25) is 10.5 Å². The van der Waals surface area contributed by atoms with Crippen molar-refractivity contribution in [1.82, 2.24) is 10.4 Å². The van der Waals surface area contributed by atoms with E-state index < -0.39 is 18.1 Å². The first-order chi connectivity index (χ1) is 8.99. The second kappa shape index (κ2) is 5.25. The topological polar surface area (TPSA) is 95.7 Å². The Bertz CT molecular complexity index is 592.